The van der Waals surface area contributed by atoms with Gasteiger partial charge in [-0.05, 0) is 31.2 Å². The molecule has 2 atom stereocenters. The Morgan fingerprint density at radius 2 is 1.65 bits per heavy atom. The lowest BCUT2D eigenvalue weighted by Gasteiger charge is -2.18. The molecule has 0 spiro atoms. The third-order valence-corrected chi connectivity index (χ3v) is 4.73. The van der Waals surface area contributed by atoms with Gasteiger partial charge in [0.1, 0.15) is 0 Å². The van der Waals surface area contributed by atoms with Gasteiger partial charge in [0.2, 0.25) is 0 Å². The van der Waals surface area contributed by atoms with Crippen LogP contribution in [0.1, 0.15) is 23.5 Å². The molecule has 0 heterocycles. The van der Waals surface area contributed by atoms with Gasteiger partial charge in [0.05, 0.1) is 0 Å². The summed E-state index contributed by atoms with van der Waals surface area (Å²) in [6.07, 6.45) is 1.21. The second-order valence-corrected chi connectivity index (χ2v) is 6.25. The molecule has 0 aromatic heterocycles. The maximum atomic E-state index is 6.24. The van der Waals surface area contributed by atoms with Crippen molar-refractivity contribution in [1.29, 1.82) is 0 Å². The summed E-state index contributed by atoms with van der Waals surface area (Å²) in [4.78, 5) is 2.35. The molecule has 1 aliphatic carbocycles. The zero-order valence-electron chi connectivity index (χ0n) is 11.4. The molecule has 3 rings (SSSR count). The molecule has 1 saturated carbocycles. The first-order valence-electron chi connectivity index (χ1n) is 6.85. The fraction of sp³-hybridized carbons (Fsp3) is 0.294. The van der Waals surface area contributed by atoms with Crippen LogP contribution >= 0.6 is 23.2 Å². The molecule has 0 N–H and O–H groups in total. The standard InChI is InChI=1S/C17H17Cl2N/c1-20(11-14-15(18)8-5-9-16(14)19)17-10-13(17)12-6-3-2-4-7-12/h2-9,13,17H,10-11H2,1H3. The second kappa shape index (κ2) is 5.77. The van der Waals surface area contributed by atoms with E-state index in [0.717, 1.165) is 22.2 Å². The summed E-state index contributed by atoms with van der Waals surface area (Å²) in [6.45, 7) is 0.798. The van der Waals surface area contributed by atoms with E-state index in [2.05, 4.69) is 42.3 Å². The van der Waals surface area contributed by atoms with Crippen LogP contribution in [0, 0.1) is 0 Å². The van der Waals surface area contributed by atoms with Crippen molar-refractivity contribution < 1.29 is 0 Å². The van der Waals surface area contributed by atoms with Crippen molar-refractivity contribution in [3.05, 3.63) is 69.7 Å². The highest BCUT2D eigenvalue weighted by Gasteiger charge is 2.41. The van der Waals surface area contributed by atoms with Crippen LogP contribution in [0.5, 0.6) is 0 Å². The number of nitrogens with zero attached hydrogens (tertiary/aromatic N) is 1. The van der Waals surface area contributed by atoms with Crippen molar-refractivity contribution in [2.24, 2.45) is 0 Å². The van der Waals surface area contributed by atoms with Crippen LogP contribution in [-0.4, -0.2) is 18.0 Å². The first-order valence-corrected chi connectivity index (χ1v) is 7.60. The molecule has 2 aromatic rings. The summed E-state index contributed by atoms with van der Waals surface area (Å²) < 4.78 is 0. The van der Waals surface area contributed by atoms with Gasteiger partial charge in [-0.15, -0.1) is 0 Å². The molecule has 20 heavy (non-hydrogen) atoms. The first kappa shape index (κ1) is 13.9. The number of hydrogen-bond donors (Lipinski definition) is 0. The van der Waals surface area contributed by atoms with E-state index >= 15 is 0 Å². The van der Waals surface area contributed by atoms with Crippen LogP contribution in [0.25, 0.3) is 0 Å². The lowest BCUT2D eigenvalue weighted by molar-refractivity contribution is 0.311. The van der Waals surface area contributed by atoms with E-state index in [0.29, 0.717) is 12.0 Å². The van der Waals surface area contributed by atoms with Crippen molar-refractivity contribution in [1.82, 2.24) is 4.90 Å². The third-order valence-electron chi connectivity index (χ3n) is 4.02. The van der Waals surface area contributed by atoms with Crippen LogP contribution in [0.4, 0.5) is 0 Å². The van der Waals surface area contributed by atoms with Crippen molar-refractivity contribution in [2.45, 2.75) is 24.9 Å². The van der Waals surface area contributed by atoms with E-state index in [1.54, 1.807) is 0 Å². The van der Waals surface area contributed by atoms with Crippen molar-refractivity contribution >= 4 is 23.2 Å². The van der Waals surface area contributed by atoms with Gasteiger partial charge in [0.15, 0.2) is 0 Å². The molecular weight excluding hydrogens is 289 g/mol. The monoisotopic (exact) mass is 305 g/mol. The summed E-state index contributed by atoms with van der Waals surface area (Å²) in [5, 5.41) is 1.50. The lowest BCUT2D eigenvalue weighted by atomic mass is 10.1. The van der Waals surface area contributed by atoms with E-state index in [-0.39, 0.29) is 0 Å². The van der Waals surface area contributed by atoms with Gasteiger partial charge in [0.25, 0.3) is 0 Å². The molecular formula is C17H17Cl2N. The van der Waals surface area contributed by atoms with E-state index in [1.165, 1.54) is 12.0 Å². The fourth-order valence-electron chi connectivity index (χ4n) is 2.78. The molecule has 1 fully saturated rings. The van der Waals surface area contributed by atoms with E-state index in [1.807, 2.05) is 18.2 Å². The molecule has 1 aliphatic rings. The average molecular weight is 306 g/mol. The minimum atomic E-state index is 0.588. The minimum absolute atomic E-state index is 0.588. The van der Waals surface area contributed by atoms with Gasteiger partial charge in [-0.2, -0.15) is 0 Å². The molecule has 2 aromatic carbocycles. The van der Waals surface area contributed by atoms with E-state index in [4.69, 9.17) is 23.2 Å². The fourth-order valence-corrected chi connectivity index (χ4v) is 3.29. The molecule has 3 heteroatoms. The van der Waals surface area contributed by atoms with Crippen LogP contribution < -0.4 is 0 Å². The van der Waals surface area contributed by atoms with E-state index in [9.17, 15) is 0 Å². The Hall–Kier alpha value is -1.02. The maximum absolute atomic E-state index is 6.24. The van der Waals surface area contributed by atoms with Gasteiger partial charge < -0.3 is 0 Å². The Bertz CT molecular complexity index is 577. The molecule has 1 nitrogen and oxygen atoms in total. The SMILES string of the molecule is CN(Cc1c(Cl)cccc1Cl)C1CC1c1ccccc1. The van der Waals surface area contributed by atoms with Gasteiger partial charge in [0, 0.05) is 34.1 Å². The average Bonchev–Trinajstić information content (AvgIpc) is 3.24. The second-order valence-electron chi connectivity index (χ2n) is 5.44. The summed E-state index contributed by atoms with van der Waals surface area (Å²) in [6, 6.07) is 17.0. The highest BCUT2D eigenvalue weighted by molar-refractivity contribution is 6.35. The summed E-state index contributed by atoms with van der Waals surface area (Å²) in [7, 11) is 2.15. The Labute approximate surface area is 130 Å². The zero-order chi connectivity index (χ0) is 14.1. The number of likely N-dealkylation sites (N-methyl/N-ethyl adjacent to an activating group) is 1. The molecule has 0 amide bonds. The van der Waals surface area contributed by atoms with E-state index < -0.39 is 0 Å². The Kier molecular flexibility index (Phi) is 4.02. The van der Waals surface area contributed by atoms with Crippen molar-refractivity contribution in [2.75, 3.05) is 7.05 Å². The molecule has 0 saturated heterocycles. The predicted octanol–water partition coefficient (Wildman–Crippen LogP) is 4.98. The number of hydrogen-bond acceptors (Lipinski definition) is 1. The maximum Gasteiger partial charge on any atom is 0.0465 e. The molecule has 0 aliphatic heterocycles. The summed E-state index contributed by atoms with van der Waals surface area (Å²) in [5.74, 6) is 0.641. The zero-order valence-corrected chi connectivity index (χ0v) is 12.9. The first-order chi connectivity index (χ1) is 9.66. The number of halogens is 2. The summed E-state index contributed by atoms with van der Waals surface area (Å²) in [5.41, 5.74) is 2.45. The topological polar surface area (TPSA) is 3.24 Å². The predicted molar refractivity (Wildman–Crippen MR) is 85.5 cm³/mol. The number of benzene rings is 2. The van der Waals surface area contributed by atoms with Gasteiger partial charge in [-0.3, -0.25) is 4.90 Å². The Morgan fingerprint density at radius 3 is 2.30 bits per heavy atom. The highest BCUT2D eigenvalue weighted by Crippen LogP contribution is 2.44. The smallest absolute Gasteiger partial charge is 0.0465 e. The minimum Gasteiger partial charge on any atom is -0.298 e. The van der Waals surface area contributed by atoms with Crippen molar-refractivity contribution in [3.63, 3.8) is 0 Å². The van der Waals surface area contributed by atoms with Gasteiger partial charge >= 0.3 is 0 Å². The van der Waals surface area contributed by atoms with Crippen molar-refractivity contribution in [3.8, 4) is 0 Å². The molecule has 104 valence electrons. The van der Waals surface area contributed by atoms with Crippen LogP contribution in [0.2, 0.25) is 10.0 Å². The van der Waals surface area contributed by atoms with Gasteiger partial charge in [-0.1, -0.05) is 59.6 Å². The van der Waals surface area contributed by atoms with Gasteiger partial charge in [-0.25, -0.2) is 0 Å². The lowest BCUT2D eigenvalue weighted by Crippen LogP contribution is -2.21. The molecule has 0 radical (unpaired) electrons. The molecule has 0 bridgehead atoms. The normalized spacial score (nSPS) is 21.2. The van der Waals surface area contributed by atoms with Crippen LogP contribution in [-0.2, 0) is 6.54 Å². The Balaban J connectivity index is 1.68. The molecule has 2 unspecified atom stereocenters. The summed E-state index contributed by atoms with van der Waals surface area (Å²) >= 11 is 12.5. The third kappa shape index (κ3) is 2.85. The van der Waals surface area contributed by atoms with Crippen LogP contribution in [0.15, 0.2) is 48.5 Å². The Morgan fingerprint density at radius 1 is 1.00 bits per heavy atom. The highest BCUT2D eigenvalue weighted by atomic mass is 35.5. The van der Waals surface area contributed by atoms with Crippen LogP contribution in [0.3, 0.4) is 0 Å². The quantitative estimate of drug-likeness (QED) is 0.770. The number of rotatable bonds is 4. The largest absolute Gasteiger partial charge is 0.298 e.